The molecule has 2 N–H and O–H groups in total. The molecule has 1 heterocycles. The molecule has 0 aliphatic carbocycles. The van der Waals surface area contributed by atoms with Gasteiger partial charge in [-0.3, -0.25) is 14.8 Å². The summed E-state index contributed by atoms with van der Waals surface area (Å²) in [6.07, 6.45) is 0. The van der Waals surface area contributed by atoms with Gasteiger partial charge in [0, 0.05) is 11.3 Å². The fourth-order valence-corrected chi connectivity index (χ4v) is 5.34. The van der Waals surface area contributed by atoms with Crippen molar-refractivity contribution in [2.75, 3.05) is 10.0 Å². The Kier molecular flexibility index (Phi) is 5.51. The summed E-state index contributed by atoms with van der Waals surface area (Å²) in [5, 5.41) is 3.31. The van der Waals surface area contributed by atoms with Crippen molar-refractivity contribution in [1.29, 1.82) is 0 Å². The highest BCUT2D eigenvalue weighted by molar-refractivity contribution is 7.92. The summed E-state index contributed by atoms with van der Waals surface area (Å²) in [5.41, 5.74) is 4.67. The second-order valence-electron chi connectivity index (χ2n) is 7.40. The summed E-state index contributed by atoms with van der Waals surface area (Å²) in [5.74, 6) is -0.357. The van der Waals surface area contributed by atoms with Gasteiger partial charge < -0.3 is 0 Å². The summed E-state index contributed by atoms with van der Waals surface area (Å²) in [4.78, 5) is 17.4. The Morgan fingerprint density at radius 3 is 2.42 bits per heavy atom. The first-order valence-corrected chi connectivity index (χ1v) is 11.9. The second-order valence-corrected chi connectivity index (χ2v) is 10.1. The molecule has 8 heteroatoms. The smallest absolute Gasteiger partial charge is 0.261 e. The Labute approximate surface area is 185 Å². The lowest BCUT2D eigenvalue weighted by molar-refractivity contribution is 0.102. The van der Waals surface area contributed by atoms with Crippen LogP contribution in [-0.4, -0.2) is 19.3 Å². The third-order valence-electron chi connectivity index (χ3n) is 4.76. The van der Waals surface area contributed by atoms with Crippen molar-refractivity contribution in [2.45, 2.75) is 25.7 Å². The van der Waals surface area contributed by atoms with Crippen LogP contribution in [0.1, 0.15) is 27.0 Å². The lowest BCUT2D eigenvalue weighted by Gasteiger charge is -2.10. The number of anilines is 2. The van der Waals surface area contributed by atoms with Crippen molar-refractivity contribution >= 4 is 48.3 Å². The second kappa shape index (κ2) is 8.13. The number of thiazole rings is 1. The molecule has 4 aromatic rings. The predicted octanol–water partition coefficient (Wildman–Crippen LogP) is 5.27. The average Bonchev–Trinajstić information content (AvgIpc) is 3.10. The van der Waals surface area contributed by atoms with E-state index in [2.05, 4.69) is 21.1 Å². The van der Waals surface area contributed by atoms with Crippen LogP contribution in [0.2, 0.25) is 0 Å². The zero-order valence-electron chi connectivity index (χ0n) is 17.3. The summed E-state index contributed by atoms with van der Waals surface area (Å²) in [7, 11) is -3.75. The predicted molar refractivity (Wildman–Crippen MR) is 125 cm³/mol. The minimum absolute atomic E-state index is 0.160. The number of nitrogens with one attached hydrogen (secondary N) is 2. The molecule has 0 saturated carbocycles. The Hall–Kier alpha value is -3.23. The quantitative estimate of drug-likeness (QED) is 0.432. The summed E-state index contributed by atoms with van der Waals surface area (Å²) in [6.45, 7) is 5.90. The first-order valence-electron chi connectivity index (χ1n) is 9.60. The maximum absolute atomic E-state index is 12.7. The van der Waals surface area contributed by atoms with Gasteiger partial charge in [-0.15, -0.1) is 0 Å². The molecule has 0 aliphatic rings. The van der Waals surface area contributed by atoms with Crippen molar-refractivity contribution in [3.05, 3.63) is 82.9 Å². The highest BCUT2D eigenvalue weighted by Gasteiger charge is 2.16. The van der Waals surface area contributed by atoms with Crippen molar-refractivity contribution in [3.8, 4) is 0 Å². The third-order valence-corrected chi connectivity index (χ3v) is 7.07. The van der Waals surface area contributed by atoms with Crippen LogP contribution in [0.25, 0.3) is 10.2 Å². The summed E-state index contributed by atoms with van der Waals surface area (Å²) in [6, 6.07) is 17.0. The van der Waals surface area contributed by atoms with Gasteiger partial charge in [-0.1, -0.05) is 41.2 Å². The van der Waals surface area contributed by atoms with E-state index < -0.39 is 10.0 Å². The van der Waals surface area contributed by atoms with Crippen LogP contribution < -0.4 is 10.0 Å². The molecule has 0 unspecified atom stereocenters. The molecule has 0 bridgehead atoms. The van der Waals surface area contributed by atoms with E-state index in [-0.39, 0.29) is 10.8 Å². The van der Waals surface area contributed by atoms with Crippen LogP contribution in [0, 0.1) is 20.8 Å². The average molecular weight is 452 g/mol. The SMILES string of the molecule is Cc1ccc(S(=O)(=O)Nc2cccc(C(=O)Nc3nc4c(C)cc(C)cc4s3)c2)cc1. The number of fused-ring (bicyclic) bond motifs is 1. The van der Waals surface area contributed by atoms with Crippen LogP contribution in [0.15, 0.2) is 65.6 Å². The fourth-order valence-electron chi connectivity index (χ4n) is 3.25. The van der Waals surface area contributed by atoms with Crippen molar-refractivity contribution < 1.29 is 13.2 Å². The Morgan fingerprint density at radius 2 is 1.68 bits per heavy atom. The highest BCUT2D eigenvalue weighted by Crippen LogP contribution is 2.29. The van der Waals surface area contributed by atoms with Gasteiger partial charge >= 0.3 is 0 Å². The molecule has 1 amide bonds. The molecule has 0 fully saturated rings. The monoisotopic (exact) mass is 451 g/mol. The normalized spacial score (nSPS) is 11.5. The van der Waals surface area contributed by atoms with Crippen molar-refractivity contribution in [1.82, 2.24) is 4.98 Å². The first-order chi connectivity index (χ1) is 14.7. The van der Waals surface area contributed by atoms with Crippen LogP contribution in [-0.2, 0) is 10.0 Å². The van der Waals surface area contributed by atoms with Crippen LogP contribution in [0.3, 0.4) is 0 Å². The fraction of sp³-hybridized carbons (Fsp3) is 0.130. The molecule has 0 aliphatic heterocycles. The number of amides is 1. The number of aromatic nitrogens is 1. The molecule has 1 aromatic heterocycles. The molecule has 0 radical (unpaired) electrons. The summed E-state index contributed by atoms with van der Waals surface area (Å²) < 4.78 is 28.8. The molecular weight excluding hydrogens is 430 g/mol. The van der Waals surface area contributed by atoms with Gasteiger partial charge in [-0.05, 0) is 68.3 Å². The molecule has 31 heavy (non-hydrogen) atoms. The third kappa shape index (κ3) is 4.60. The van der Waals surface area contributed by atoms with Gasteiger partial charge in [-0.25, -0.2) is 13.4 Å². The number of hydrogen-bond acceptors (Lipinski definition) is 5. The van der Waals surface area contributed by atoms with Gasteiger partial charge in [0.05, 0.1) is 15.1 Å². The zero-order valence-corrected chi connectivity index (χ0v) is 18.9. The molecule has 0 spiro atoms. The van der Waals surface area contributed by atoms with Gasteiger partial charge in [0.25, 0.3) is 15.9 Å². The lowest BCUT2D eigenvalue weighted by atomic mass is 10.1. The van der Waals surface area contributed by atoms with E-state index in [1.807, 2.05) is 26.8 Å². The lowest BCUT2D eigenvalue weighted by Crippen LogP contribution is -2.15. The maximum atomic E-state index is 12.7. The highest BCUT2D eigenvalue weighted by atomic mass is 32.2. The van der Waals surface area contributed by atoms with E-state index in [0.717, 1.165) is 26.9 Å². The molecule has 3 aromatic carbocycles. The molecule has 4 rings (SSSR count). The molecule has 0 atom stereocenters. The molecule has 6 nitrogen and oxygen atoms in total. The Balaban J connectivity index is 1.54. The van der Waals surface area contributed by atoms with Crippen molar-refractivity contribution in [2.24, 2.45) is 0 Å². The Morgan fingerprint density at radius 1 is 0.935 bits per heavy atom. The van der Waals surface area contributed by atoms with E-state index in [4.69, 9.17) is 0 Å². The van der Waals surface area contributed by atoms with E-state index >= 15 is 0 Å². The van der Waals surface area contributed by atoms with E-state index in [1.165, 1.54) is 17.4 Å². The Bertz CT molecular complexity index is 1390. The number of hydrogen-bond donors (Lipinski definition) is 2. The maximum Gasteiger partial charge on any atom is 0.261 e. The van der Waals surface area contributed by atoms with Crippen LogP contribution in [0.5, 0.6) is 0 Å². The van der Waals surface area contributed by atoms with E-state index in [1.54, 1.807) is 42.5 Å². The van der Waals surface area contributed by atoms with E-state index in [0.29, 0.717) is 16.4 Å². The molecule has 158 valence electrons. The number of benzene rings is 3. The minimum Gasteiger partial charge on any atom is -0.298 e. The van der Waals surface area contributed by atoms with Gasteiger partial charge in [0.1, 0.15) is 0 Å². The number of rotatable bonds is 5. The molecule has 0 saturated heterocycles. The topological polar surface area (TPSA) is 88.2 Å². The number of carbonyl (C=O) groups excluding carboxylic acids is 1. The number of aryl methyl sites for hydroxylation is 3. The van der Waals surface area contributed by atoms with Gasteiger partial charge in [0.15, 0.2) is 5.13 Å². The van der Waals surface area contributed by atoms with Gasteiger partial charge in [-0.2, -0.15) is 0 Å². The van der Waals surface area contributed by atoms with Crippen molar-refractivity contribution in [3.63, 3.8) is 0 Å². The number of nitrogens with zero attached hydrogens (tertiary/aromatic N) is 1. The number of carbonyl (C=O) groups is 1. The van der Waals surface area contributed by atoms with Crippen LogP contribution >= 0.6 is 11.3 Å². The molecular formula is C23H21N3O3S2. The standard InChI is InChI=1S/C23H21N3O3S2/c1-14-7-9-19(10-8-14)31(28,29)26-18-6-4-5-17(13-18)22(27)25-23-24-21-16(3)11-15(2)12-20(21)30-23/h4-13,26H,1-3H3,(H,24,25,27). The van der Waals surface area contributed by atoms with Gasteiger partial charge in [0.2, 0.25) is 0 Å². The first kappa shape index (κ1) is 21.0. The largest absolute Gasteiger partial charge is 0.298 e. The summed E-state index contributed by atoms with van der Waals surface area (Å²) >= 11 is 1.41. The zero-order chi connectivity index (χ0) is 22.2. The minimum atomic E-state index is -3.75. The van der Waals surface area contributed by atoms with E-state index in [9.17, 15) is 13.2 Å². The number of sulfonamides is 1. The van der Waals surface area contributed by atoms with Crippen LogP contribution in [0.4, 0.5) is 10.8 Å².